The molecule has 0 N–H and O–H groups in total. The Morgan fingerprint density at radius 3 is 2.30 bits per heavy atom. The number of hydrogen-bond acceptors (Lipinski definition) is 4. The fraction of sp³-hybridized carbons (Fsp3) is 0.294. The smallest absolute Gasteiger partial charge is 0.162 e. The van der Waals surface area contributed by atoms with Crippen LogP contribution in [0.1, 0.15) is 16.7 Å². The van der Waals surface area contributed by atoms with Crippen LogP contribution in [0.2, 0.25) is 0 Å². The summed E-state index contributed by atoms with van der Waals surface area (Å²) in [5.74, 6) is 1.22. The van der Waals surface area contributed by atoms with Crippen LogP contribution in [0.5, 0.6) is 11.5 Å². The van der Waals surface area contributed by atoms with Gasteiger partial charge >= 0.3 is 0 Å². The van der Waals surface area contributed by atoms with Crippen molar-refractivity contribution in [1.29, 1.82) is 0 Å². The maximum Gasteiger partial charge on any atom is 0.162 e. The van der Waals surface area contributed by atoms with Gasteiger partial charge in [0.1, 0.15) is 13.2 Å². The van der Waals surface area contributed by atoms with E-state index in [2.05, 4.69) is 15.9 Å². The molecule has 3 rings (SSSR count). The fourth-order valence-corrected chi connectivity index (χ4v) is 4.77. The Labute approximate surface area is 144 Å². The molecule has 1 heterocycles. The fourth-order valence-electron chi connectivity index (χ4n) is 2.51. The summed E-state index contributed by atoms with van der Waals surface area (Å²) < 4.78 is 36.8. The molecule has 23 heavy (non-hydrogen) atoms. The van der Waals surface area contributed by atoms with Crippen LogP contribution in [0.25, 0.3) is 0 Å². The predicted octanol–water partition coefficient (Wildman–Crippen LogP) is 3.64. The third-order valence-electron chi connectivity index (χ3n) is 3.72. The second kappa shape index (κ2) is 6.53. The zero-order chi connectivity index (χ0) is 16.4. The number of hydrogen-bond donors (Lipinski definition) is 0. The summed E-state index contributed by atoms with van der Waals surface area (Å²) in [6.07, 6.45) is 0. The van der Waals surface area contributed by atoms with Crippen molar-refractivity contribution in [3.8, 4) is 11.5 Å². The zero-order valence-electron chi connectivity index (χ0n) is 12.7. The largest absolute Gasteiger partial charge is 0.486 e. The molecule has 0 spiro atoms. The summed E-state index contributed by atoms with van der Waals surface area (Å²) in [6, 6.07) is 11.1. The van der Waals surface area contributed by atoms with Crippen LogP contribution in [-0.4, -0.2) is 21.6 Å². The Hall–Kier alpha value is -1.53. The maximum atomic E-state index is 12.5. The van der Waals surface area contributed by atoms with Gasteiger partial charge in [-0.1, -0.05) is 40.2 Å². The highest BCUT2D eigenvalue weighted by Gasteiger charge is 2.20. The molecular formula is C17H17BrO4S. The van der Waals surface area contributed by atoms with Gasteiger partial charge in [0.2, 0.25) is 0 Å². The number of ether oxygens (including phenoxy) is 2. The quantitative estimate of drug-likeness (QED) is 0.791. The van der Waals surface area contributed by atoms with E-state index in [0.29, 0.717) is 30.3 Å². The van der Waals surface area contributed by atoms with Crippen molar-refractivity contribution in [2.75, 3.05) is 13.2 Å². The van der Waals surface area contributed by atoms with E-state index >= 15 is 0 Å². The van der Waals surface area contributed by atoms with Crippen LogP contribution in [0.15, 0.2) is 40.9 Å². The van der Waals surface area contributed by atoms with Crippen LogP contribution in [0.3, 0.4) is 0 Å². The van der Waals surface area contributed by atoms with Crippen molar-refractivity contribution < 1.29 is 17.9 Å². The molecule has 0 aliphatic carbocycles. The number of rotatable bonds is 4. The molecule has 6 heteroatoms. The summed E-state index contributed by atoms with van der Waals surface area (Å²) in [5.41, 5.74) is 2.50. The molecule has 122 valence electrons. The third-order valence-corrected chi connectivity index (χ3v) is 5.96. The molecule has 1 aliphatic heterocycles. The Balaban J connectivity index is 1.84. The first-order valence-electron chi connectivity index (χ1n) is 7.27. The average Bonchev–Trinajstić information content (AvgIpc) is 2.50. The number of fused-ring (bicyclic) bond motifs is 1. The summed E-state index contributed by atoms with van der Waals surface area (Å²) in [6.45, 7) is 2.90. The highest BCUT2D eigenvalue weighted by atomic mass is 79.9. The summed E-state index contributed by atoms with van der Waals surface area (Å²) >= 11 is 3.43. The lowest BCUT2D eigenvalue weighted by Gasteiger charge is -2.20. The number of halogens is 1. The summed E-state index contributed by atoms with van der Waals surface area (Å²) in [7, 11) is -3.29. The molecule has 2 aromatic carbocycles. The van der Waals surface area contributed by atoms with Crippen molar-refractivity contribution in [3.63, 3.8) is 0 Å². The van der Waals surface area contributed by atoms with E-state index in [0.717, 1.165) is 15.6 Å². The van der Waals surface area contributed by atoms with Crippen LogP contribution in [0, 0.1) is 6.92 Å². The Kier molecular flexibility index (Phi) is 4.64. The minimum Gasteiger partial charge on any atom is -0.486 e. The molecule has 0 atom stereocenters. The van der Waals surface area contributed by atoms with E-state index < -0.39 is 9.84 Å². The lowest BCUT2D eigenvalue weighted by molar-refractivity contribution is 0.171. The first-order chi connectivity index (χ1) is 10.9. The second-order valence-electron chi connectivity index (χ2n) is 5.55. The van der Waals surface area contributed by atoms with Crippen LogP contribution >= 0.6 is 15.9 Å². The molecule has 0 saturated heterocycles. The van der Waals surface area contributed by atoms with Gasteiger partial charge in [-0.05, 0) is 35.7 Å². The SMILES string of the molecule is Cc1ccccc1CS(=O)(=O)Cc1cc2c(cc1Br)OCCO2. The van der Waals surface area contributed by atoms with Crippen molar-refractivity contribution in [3.05, 3.63) is 57.6 Å². The molecule has 0 saturated carbocycles. The number of sulfone groups is 1. The van der Waals surface area contributed by atoms with E-state index in [1.54, 1.807) is 12.1 Å². The van der Waals surface area contributed by atoms with Crippen LogP contribution in [0.4, 0.5) is 0 Å². The Morgan fingerprint density at radius 1 is 1.00 bits per heavy atom. The molecule has 0 unspecified atom stereocenters. The van der Waals surface area contributed by atoms with Crippen molar-refractivity contribution in [2.45, 2.75) is 18.4 Å². The lowest BCUT2D eigenvalue weighted by atomic mass is 10.1. The molecule has 0 amide bonds. The maximum absolute atomic E-state index is 12.5. The molecule has 0 aromatic heterocycles. The molecule has 2 aromatic rings. The first kappa shape index (κ1) is 16.3. The zero-order valence-corrected chi connectivity index (χ0v) is 15.1. The van der Waals surface area contributed by atoms with E-state index in [1.807, 2.05) is 31.2 Å². The molecule has 0 radical (unpaired) electrons. The summed E-state index contributed by atoms with van der Waals surface area (Å²) in [4.78, 5) is 0. The standard InChI is InChI=1S/C17H17BrO4S/c1-12-4-2-3-5-13(12)10-23(19,20)11-14-8-16-17(9-15(14)18)22-7-6-21-16/h2-5,8-9H,6-7,10-11H2,1H3. The molecule has 0 bridgehead atoms. The van der Waals surface area contributed by atoms with E-state index in [9.17, 15) is 8.42 Å². The van der Waals surface area contributed by atoms with Crippen molar-refractivity contribution in [2.24, 2.45) is 0 Å². The summed E-state index contributed by atoms with van der Waals surface area (Å²) in [5, 5.41) is 0. The highest BCUT2D eigenvalue weighted by molar-refractivity contribution is 9.10. The molecule has 0 fully saturated rings. The van der Waals surface area contributed by atoms with E-state index in [4.69, 9.17) is 9.47 Å². The highest BCUT2D eigenvalue weighted by Crippen LogP contribution is 2.36. The van der Waals surface area contributed by atoms with Gasteiger partial charge < -0.3 is 9.47 Å². The van der Waals surface area contributed by atoms with Gasteiger partial charge in [-0.15, -0.1) is 0 Å². The van der Waals surface area contributed by atoms with Crippen LogP contribution < -0.4 is 9.47 Å². The van der Waals surface area contributed by atoms with Gasteiger partial charge in [-0.3, -0.25) is 0 Å². The topological polar surface area (TPSA) is 52.6 Å². The molecule has 4 nitrogen and oxygen atoms in total. The third kappa shape index (κ3) is 3.87. The van der Waals surface area contributed by atoms with Gasteiger partial charge in [0.05, 0.1) is 11.5 Å². The minimum absolute atomic E-state index is 0.0283. The normalized spacial score (nSPS) is 13.8. The molecular weight excluding hydrogens is 380 g/mol. The number of aryl methyl sites for hydroxylation is 1. The van der Waals surface area contributed by atoms with Crippen molar-refractivity contribution >= 4 is 25.8 Å². The monoisotopic (exact) mass is 396 g/mol. The molecule has 1 aliphatic rings. The second-order valence-corrected chi connectivity index (χ2v) is 8.46. The first-order valence-corrected chi connectivity index (χ1v) is 9.89. The van der Waals surface area contributed by atoms with Gasteiger partial charge in [0.25, 0.3) is 0 Å². The van der Waals surface area contributed by atoms with Crippen LogP contribution in [-0.2, 0) is 21.3 Å². The van der Waals surface area contributed by atoms with Gasteiger partial charge in [0, 0.05) is 4.47 Å². The predicted molar refractivity (Wildman–Crippen MR) is 92.6 cm³/mol. The van der Waals surface area contributed by atoms with Gasteiger partial charge in [-0.2, -0.15) is 0 Å². The number of benzene rings is 2. The average molecular weight is 397 g/mol. The Morgan fingerprint density at radius 2 is 1.61 bits per heavy atom. The van der Waals surface area contributed by atoms with E-state index in [-0.39, 0.29) is 11.5 Å². The lowest BCUT2D eigenvalue weighted by Crippen LogP contribution is -2.16. The van der Waals surface area contributed by atoms with E-state index in [1.165, 1.54) is 0 Å². The van der Waals surface area contributed by atoms with Gasteiger partial charge in [0.15, 0.2) is 21.3 Å². The van der Waals surface area contributed by atoms with Crippen molar-refractivity contribution in [1.82, 2.24) is 0 Å². The Bertz CT molecular complexity index is 830. The van der Waals surface area contributed by atoms with Gasteiger partial charge in [-0.25, -0.2) is 8.42 Å². The minimum atomic E-state index is -3.29.